The molecule has 1 N–H and O–H groups in total. The van der Waals surface area contributed by atoms with Crippen LogP contribution in [0.25, 0.3) is 10.9 Å². The Labute approximate surface area is 129 Å². The molecule has 1 heterocycles. The monoisotopic (exact) mass is 329 g/mol. The van der Waals surface area contributed by atoms with Crippen molar-refractivity contribution in [1.29, 1.82) is 0 Å². The first-order valence-electron chi connectivity index (χ1n) is 6.62. The van der Waals surface area contributed by atoms with E-state index in [1.807, 2.05) is 0 Å². The van der Waals surface area contributed by atoms with Gasteiger partial charge in [-0.3, -0.25) is 4.79 Å². The number of fused-ring (bicyclic) bond motifs is 1. The molecule has 1 aromatic carbocycles. The van der Waals surface area contributed by atoms with Crippen LogP contribution in [0.4, 0.5) is 13.2 Å². The van der Waals surface area contributed by atoms with Gasteiger partial charge in [0.1, 0.15) is 5.69 Å². The fourth-order valence-corrected chi connectivity index (χ4v) is 2.37. The molecule has 0 aliphatic carbocycles. The zero-order valence-electron chi connectivity index (χ0n) is 12.4. The van der Waals surface area contributed by atoms with Crippen LogP contribution in [0.2, 0.25) is 0 Å². The standard InChI is InChI=1S/C15H14F3NO4/c1-22-13(20)10(15(16,17)18)7-9-8-5-3-4-6-11(8)19-12(9)14(21)23-2/h3-6,10,19H,7H2,1-2H3. The van der Waals surface area contributed by atoms with Gasteiger partial charge in [0.05, 0.1) is 14.2 Å². The maximum atomic E-state index is 13.1. The number of halogens is 3. The summed E-state index contributed by atoms with van der Waals surface area (Å²) in [6, 6.07) is 6.48. The highest BCUT2D eigenvalue weighted by atomic mass is 19.4. The maximum Gasteiger partial charge on any atom is 0.402 e. The van der Waals surface area contributed by atoms with Crippen molar-refractivity contribution in [1.82, 2.24) is 4.98 Å². The number of hydrogen-bond acceptors (Lipinski definition) is 4. The van der Waals surface area contributed by atoms with E-state index in [1.54, 1.807) is 24.3 Å². The van der Waals surface area contributed by atoms with Gasteiger partial charge in [-0.05, 0) is 18.1 Å². The molecular formula is C15H14F3NO4. The van der Waals surface area contributed by atoms with Crippen LogP contribution in [-0.2, 0) is 20.7 Å². The molecule has 0 radical (unpaired) electrons. The number of alkyl halides is 3. The van der Waals surface area contributed by atoms with Gasteiger partial charge >= 0.3 is 18.1 Å². The number of rotatable bonds is 4. The zero-order chi connectivity index (χ0) is 17.2. The van der Waals surface area contributed by atoms with Crippen molar-refractivity contribution in [3.8, 4) is 0 Å². The van der Waals surface area contributed by atoms with Crippen LogP contribution in [-0.4, -0.2) is 37.3 Å². The first kappa shape index (κ1) is 16.9. The third kappa shape index (κ3) is 3.30. The summed E-state index contributed by atoms with van der Waals surface area (Å²) < 4.78 is 48.2. The SMILES string of the molecule is COC(=O)c1[nH]c2ccccc2c1CC(C(=O)OC)C(F)(F)F. The molecule has 2 aromatic rings. The molecule has 1 unspecified atom stereocenters. The summed E-state index contributed by atoms with van der Waals surface area (Å²) in [6.07, 6.45) is -5.51. The van der Waals surface area contributed by atoms with E-state index < -0.39 is 30.5 Å². The second-order valence-corrected chi connectivity index (χ2v) is 4.84. The third-order valence-electron chi connectivity index (χ3n) is 3.49. The number of hydrogen-bond donors (Lipinski definition) is 1. The van der Waals surface area contributed by atoms with E-state index in [1.165, 1.54) is 0 Å². The highest BCUT2D eigenvalue weighted by Crippen LogP contribution is 2.34. The summed E-state index contributed by atoms with van der Waals surface area (Å²) in [7, 11) is 2.01. The minimum absolute atomic E-state index is 0.0696. The van der Waals surface area contributed by atoms with Gasteiger partial charge in [0.25, 0.3) is 0 Å². The molecule has 0 spiro atoms. The lowest BCUT2D eigenvalue weighted by molar-refractivity contribution is -0.195. The number of nitrogens with one attached hydrogen (secondary N) is 1. The van der Waals surface area contributed by atoms with Crippen molar-refractivity contribution in [3.05, 3.63) is 35.5 Å². The van der Waals surface area contributed by atoms with Crippen LogP contribution >= 0.6 is 0 Å². The molecule has 0 bridgehead atoms. The third-order valence-corrected chi connectivity index (χ3v) is 3.49. The van der Waals surface area contributed by atoms with Crippen LogP contribution in [0.5, 0.6) is 0 Å². The fraction of sp³-hybridized carbons (Fsp3) is 0.333. The highest BCUT2D eigenvalue weighted by Gasteiger charge is 2.46. The average Bonchev–Trinajstić information content (AvgIpc) is 2.88. The molecular weight excluding hydrogens is 315 g/mol. The molecule has 0 saturated carbocycles. The molecule has 2 rings (SSSR count). The van der Waals surface area contributed by atoms with E-state index in [0.717, 1.165) is 14.2 Å². The lowest BCUT2D eigenvalue weighted by Gasteiger charge is -2.18. The number of benzene rings is 1. The molecule has 1 aromatic heterocycles. The summed E-state index contributed by atoms with van der Waals surface area (Å²) in [5.74, 6) is -4.57. The molecule has 0 saturated heterocycles. The molecule has 0 aliphatic heterocycles. The Hall–Kier alpha value is -2.51. The van der Waals surface area contributed by atoms with E-state index >= 15 is 0 Å². The predicted octanol–water partition coefficient (Wildman–Crippen LogP) is 2.85. The summed E-state index contributed by atoms with van der Waals surface area (Å²) in [5, 5.41) is 0.422. The lowest BCUT2D eigenvalue weighted by Crippen LogP contribution is -2.33. The number of aromatic amines is 1. The number of methoxy groups -OCH3 is 2. The van der Waals surface area contributed by atoms with Gasteiger partial charge in [-0.1, -0.05) is 18.2 Å². The van der Waals surface area contributed by atoms with Crippen molar-refractivity contribution >= 4 is 22.8 Å². The second kappa shape index (κ2) is 6.31. The summed E-state index contributed by atoms with van der Waals surface area (Å²) in [6.45, 7) is 0. The summed E-state index contributed by atoms with van der Waals surface area (Å²) >= 11 is 0. The van der Waals surface area contributed by atoms with Crippen molar-refractivity contribution < 1.29 is 32.2 Å². The average molecular weight is 329 g/mol. The van der Waals surface area contributed by atoms with Crippen LogP contribution in [0.15, 0.2) is 24.3 Å². The minimum Gasteiger partial charge on any atom is -0.469 e. The van der Waals surface area contributed by atoms with Gasteiger partial charge in [0.2, 0.25) is 0 Å². The molecule has 8 heteroatoms. The largest absolute Gasteiger partial charge is 0.469 e. The van der Waals surface area contributed by atoms with Crippen LogP contribution < -0.4 is 0 Å². The summed E-state index contributed by atoms with van der Waals surface area (Å²) in [5.41, 5.74) is 0.445. The smallest absolute Gasteiger partial charge is 0.402 e. The number of aromatic nitrogens is 1. The minimum atomic E-state index is -4.79. The number of carbonyl (C=O) groups is 2. The van der Waals surface area contributed by atoms with Gasteiger partial charge in [-0.25, -0.2) is 4.79 Å². The van der Waals surface area contributed by atoms with Crippen LogP contribution in [0, 0.1) is 5.92 Å². The molecule has 5 nitrogen and oxygen atoms in total. The Bertz CT molecular complexity index is 736. The second-order valence-electron chi connectivity index (χ2n) is 4.84. The molecule has 23 heavy (non-hydrogen) atoms. The van der Waals surface area contributed by atoms with E-state index in [2.05, 4.69) is 14.5 Å². The molecule has 1 atom stereocenters. The lowest BCUT2D eigenvalue weighted by atomic mass is 9.96. The number of ether oxygens (including phenoxy) is 2. The Kier molecular flexibility index (Phi) is 4.63. The number of H-pyrrole nitrogens is 1. The van der Waals surface area contributed by atoms with E-state index in [9.17, 15) is 22.8 Å². The van der Waals surface area contributed by atoms with Crippen molar-refractivity contribution in [2.75, 3.05) is 14.2 Å². The van der Waals surface area contributed by atoms with Gasteiger partial charge in [-0.15, -0.1) is 0 Å². The highest BCUT2D eigenvalue weighted by molar-refractivity contribution is 5.98. The first-order valence-corrected chi connectivity index (χ1v) is 6.62. The van der Waals surface area contributed by atoms with E-state index in [-0.39, 0.29) is 11.3 Å². The van der Waals surface area contributed by atoms with Gasteiger partial charge in [0.15, 0.2) is 5.92 Å². The van der Waals surface area contributed by atoms with Gasteiger partial charge in [0, 0.05) is 10.9 Å². The quantitative estimate of drug-likeness (QED) is 0.876. The Morgan fingerprint density at radius 3 is 2.39 bits per heavy atom. The van der Waals surface area contributed by atoms with Crippen molar-refractivity contribution in [2.45, 2.75) is 12.6 Å². The number of carbonyl (C=O) groups excluding carboxylic acids is 2. The maximum absolute atomic E-state index is 13.1. The van der Waals surface area contributed by atoms with Crippen LogP contribution in [0.1, 0.15) is 16.1 Å². The predicted molar refractivity (Wildman–Crippen MR) is 74.9 cm³/mol. The summed E-state index contributed by atoms with van der Waals surface area (Å²) in [4.78, 5) is 26.1. The first-order chi connectivity index (χ1) is 10.8. The van der Waals surface area contributed by atoms with Gasteiger partial charge in [-0.2, -0.15) is 13.2 Å². The van der Waals surface area contributed by atoms with Crippen LogP contribution in [0.3, 0.4) is 0 Å². The molecule has 124 valence electrons. The number of para-hydroxylation sites is 1. The Balaban J connectivity index is 2.56. The molecule has 0 amide bonds. The van der Waals surface area contributed by atoms with E-state index in [4.69, 9.17) is 0 Å². The topological polar surface area (TPSA) is 68.4 Å². The van der Waals surface area contributed by atoms with Gasteiger partial charge < -0.3 is 14.5 Å². The Morgan fingerprint density at radius 1 is 1.17 bits per heavy atom. The normalized spacial score (nSPS) is 12.9. The Morgan fingerprint density at radius 2 is 1.83 bits per heavy atom. The number of esters is 2. The van der Waals surface area contributed by atoms with Crippen molar-refractivity contribution in [2.24, 2.45) is 5.92 Å². The molecule has 0 aliphatic rings. The van der Waals surface area contributed by atoms with E-state index in [0.29, 0.717) is 10.9 Å². The van der Waals surface area contributed by atoms with Crippen molar-refractivity contribution in [3.63, 3.8) is 0 Å². The zero-order valence-corrected chi connectivity index (χ0v) is 12.4. The molecule has 0 fully saturated rings. The fourth-order valence-electron chi connectivity index (χ4n) is 2.37.